The predicted octanol–water partition coefficient (Wildman–Crippen LogP) is 1.98. The number of nitrogens with zero attached hydrogens (tertiary/aromatic N) is 2. The summed E-state index contributed by atoms with van der Waals surface area (Å²) in [6, 6.07) is 7.39. The zero-order chi connectivity index (χ0) is 17.3. The molecule has 1 aromatic heterocycles. The average molecular weight is 330 g/mol. The van der Waals surface area contributed by atoms with Gasteiger partial charge in [-0.15, -0.1) is 0 Å². The molecular weight excluding hydrogens is 308 g/mol. The van der Waals surface area contributed by atoms with Crippen LogP contribution in [0.1, 0.15) is 27.4 Å². The number of aliphatic hydroxyl groups excluding tert-OH is 1. The van der Waals surface area contributed by atoms with E-state index in [2.05, 4.69) is 5.16 Å². The van der Waals surface area contributed by atoms with Crippen LogP contribution in [-0.2, 0) is 6.42 Å². The Labute approximate surface area is 141 Å². The lowest BCUT2D eigenvalue weighted by molar-refractivity contribution is 0.0760. The SMILES string of the molecule is COc1cccc(C)c1C(=O)N1C[C@@H](Cc2cc(C)no2)[C@@H](O)C1. The minimum absolute atomic E-state index is 0.0590. The van der Waals surface area contributed by atoms with Crippen LogP contribution in [0.3, 0.4) is 0 Å². The third-order valence-corrected chi connectivity index (χ3v) is 4.50. The van der Waals surface area contributed by atoms with Gasteiger partial charge in [-0.2, -0.15) is 0 Å². The van der Waals surface area contributed by atoms with Crippen molar-refractivity contribution < 1.29 is 19.2 Å². The monoisotopic (exact) mass is 330 g/mol. The molecule has 2 aromatic rings. The minimum atomic E-state index is -0.575. The largest absolute Gasteiger partial charge is 0.496 e. The second-order valence-corrected chi connectivity index (χ2v) is 6.33. The maximum atomic E-state index is 12.9. The van der Waals surface area contributed by atoms with Crippen LogP contribution < -0.4 is 4.74 Å². The smallest absolute Gasteiger partial charge is 0.257 e. The molecule has 2 heterocycles. The number of likely N-dealkylation sites (tertiary alicyclic amines) is 1. The lowest BCUT2D eigenvalue weighted by Gasteiger charge is -2.19. The lowest BCUT2D eigenvalue weighted by atomic mass is 10.0. The molecule has 24 heavy (non-hydrogen) atoms. The molecule has 0 radical (unpaired) electrons. The summed E-state index contributed by atoms with van der Waals surface area (Å²) in [5, 5.41) is 14.2. The summed E-state index contributed by atoms with van der Waals surface area (Å²) in [6.07, 6.45) is -0.00849. The Hall–Kier alpha value is -2.34. The first-order valence-corrected chi connectivity index (χ1v) is 8.02. The van der Waals surface area contributed by atoms with Crippen LogP contribution >= 0.6 is 0 Å². The first-order valence-electron chi connectivity index (χ1n) is 8.02. The summed E-state index contributed by atoms with van der Waals surface area (Å²) in [7, 11) is 1.55. The Kier molecular flexibility index (Phi) is 4.57. The summed E-state index contributed by atoms with van der Waals surface area (Å²) in [4.78, 5) is 14.6. The molecule has 1 aliphatic rings. The van der Waals surface area contributed by atoms with Gasteiger partial charge in [0.1, 0.15) is 11.5 Å². The highest BCUT2D eigenvalue weighted by Gasteiger charge is 2.36. The first kappa shape index (κ1) is 16.5. The molecule has 0 bridgehead atoms. The summed E-state index contributed by atoms with van der Waals surface area (Å²) in [6.45, 7) is 4.54. The van der Waals surface area contributed by atoms with E-state index in [1.165, 1.54) is 0 Å². The highest BCUT2D eigenvalue weighted by atomic mass is 16.5. The topological polar surface area (TPSA) is 75.8 Å². The fraction of sp³-hybridized carbons (Fsp3) is 0.444. The predicted molar refractivity (Wildman–Crippen MR) is 88.1 cm³/mol. The second-order valence-electron chi connectivity index (χ2n) is 6.33. The van der Waals surface area contributed by atoms with Gasteiger partial charge in [0.05, 0.1) is 24.5 Å². The third kappa shape index (κ3) is 3.14. The zero-order valence-electron chi connectivity index (χ0n) is 14.2. The molecule has 0 spiro atoms. The Morgan fingerprint density at radius 2 is 2.21 bits per heavy atom. The number of rotatable bonds is 4. The van der Waals surface area contributed by atoms with Crippen molar-refractivity contribution in [3.8, 4) is 5.75 Å². The number of hydrogen-bond donors (Lipinski definition) is 1. The van der Waals surface area contributed by atoms with Crippen LogP contribution in [0.2, 0.25) is 0 Å². The Morgan fingerprint density at radius 3 is 2.88 bits per heavy atom. The van der Waals surface area contributed by atoms with Gasteiger partial charge in [0, 0.05) is 31.5 Å². The van der Waals surface area contributed by atoms with Crippen molar-refractivity contribution >= 4 is 5.91 Å². The van der Waals surface area contributed by atoms with Crippen LogP contribution in [-0.4, -0.2) is 47.4 Å². The van der Waals surface area contributed by atoms with Gasteiger partial charge >= 0.3 is 0 Å². The van der Waals surface area contributed by atoms with Crippen molar-refractivity contribution in [3.63, 3.8) is 0 Å². The van der Waals surface area contributed by atoms with Gasteiger partial charge in [-0.25, -0.2) is 0 Å². The van der Waals surface area contributed by atoms with Gasteiger partial charge in [-0.05, 0) is 25.5 Å². The molecule has 6 heteroatoms. The van der Waals surface area contributed by atoms with Gasteiger partial charge in [-0.3, -0.25) is 4.79 Å². The van der Waals surface area contributed by atoms with Gasteiger partial charge in [0.15, 0.2) is 0 Å². The van der Waals surface area contributed by atoms with Crippen molar-refractivity contribution in [2.24, 2.45) is 5.92 Å². The third-order valence-electron chi connectivity index (χ3n) is 4.50. The Bertz CT molecular complexity index is 740. The molecule has 6 nitrogen and oxygen atoms in total. The molecule has 128 valence electrons. The van der Waals surface area contributed by atoms with E-state index in [9.17, 15) is 9.90 Å². The van der Waals surface area contributed by atoms with E-state index in [0.717, 1.165) is 17.0 Å². The van der Waals surface area contributed by atoms with E-state index < -0.39 is 6.10 Å². The summed E-state index contributed by atoms with van der Waals surface area (Å²) >= 11 is 0. The van der Waals surface area contributed by atoms with E-state index in [1.807, 2.05) is 32.0 Å². The zero-order valence-corrected chi connectivity index (χ0v) is 14.2. The average Bonchev–Trinajstić information content (AvgIpc) is 3.13. The maximum absolute atomic E-state index is 12.9. The number of methoxy groups -OCH3 is 1. The summed E-state index contributed by atoms with van der Waals surface area (Å²) < 4.78 is 10.6. The fourth-order valence-electron chi connectivity index (χ4n) is 3.23. The van der Waals surface area contributed by atoms with E-state index in [0.29, 0.717) is 30.8 Å². The van der Waals surface area contributed by atoms with Crippen molar-refractivity contribution in [2.75, 3.05) is 20.2 Å². The van der Waals surface area contributed by atoms with Gasteiger partial charge in [0.2, 0.25) is 0 Å². The van der Waals surface area contributed by atoms with E-state index in [4.69, 9.17) is 9.26 Å². The highest BCUT2D eigenvalue weighted by molar-refractivity contribution is 5.98. The number of β-amino-alcohol motifs (C(OH)–C–C–N with tert-alkyl or cyclic N) is 1. The van der Waals surface area contributed by atoms with E-state index >= 15 is 0 Å². The number of hydrogen-bond acceptors (Lipinski definition) is 5. The van der Waals surface area contributed by atoms with Crippen molar-refractivity contribution in [1.29, 1.82) is 0 Å². The molecule has 0 saturated carbocycles. The molecule has 1 fully saturated rings. The number of aryl methyl sites for hydroxylation is 2. The quantitative estimate of drug-likeness (QED) is 0.927. The molecule has 1 aliphatic heterocycles. The minimum Gasteiger partial charge on any atom is -0.496 e. The molecule has 0 unspecified atom stereocenters. The number of aliphatic hydroxyl groups is 1. The number of amides is 1. The van der Waals surface area contributed by atoms with Crippen LogP contribution in [0.5, 0.6) is 5.75 Å². The maximum Gasteiger partial charge on any atom is 0.257 e. The lowest BCUT2D eigenvalue weighted by Crippen LogP contribution is -2.30. The second kappa shape index (κ2) is 6.65. The number of carbonyl (C=O) groups excluding carboxylic acids is 1. The highest BCUT2D eigenvalue weighted by Crippen LogP contribution is 2.28. The number of aromatic nitrogens is 1. The van der Waals surface area contributed by atoms with Gasteiger partial charge < -0.3 is 19.3 Å². The molecule has 1 aromatic carbocycles. The van der Waals surface area contributed by atoms with Crippen molar-refractivity contribution in [3.05, 3.63) is 46.8 Å². The molecule has 0 aliphatic carbocycles. The van der Waals surface area contributed by atoms with Gasteiger partial charge in [0.25, 0.3) is 5.91 Å². The molecule has 1 amide bonds. The Morgan fingerprint density at radius 1 is 1.42 bits per heavy atom. The number of ether oxygens (including phenoxy) is 1. The summed E-state index contributed by atoms with van der Waals surface area (Å²) in [5.74, 6) is 1.12. The normalized spacial score (nSPS) is 20.4. The van der Waals surface area contributed by atoms with Crippen LogP contribution in [0.25, 0.3) is 0 Å². The molecule has 2 atom stereocenters. The van der Waals surface area contributed by atoms with E-state index in [1.54, 1.807) is 18.1 Å². The standard InChI is InChI=1S/C18H22N2O4/c1-11-5-4-6-16(23-3)17(11)18(22)20-9-13(15(21)10-20)8-14-7-12(2)19-24-14/h4-7,13,15,21H,8-10H2,1-3H3/t13-,15+/m1/s1. The summed E-state index contributed by atoms with van der Waals surface area (Å²) in [5.41, 5.74) is 2.24. The molecule has 1 N–H and O–H groups in total. The van der Waals surface area contributed by atoms with E-state index in [-0.39, 0.29) is 11.8 Å². The Balaban J connectivity index is 1.76. The molecule has 1 saturated heterocycles. The first-order chi connectivity index (χ1) is 11.5. The fourth-order valence-corrected chi connectivity index (χ4v) is 3.23. The number of benzene rings is 1. The van der Waals surface area contributed by atoms with Crippen LogP contribution in [0, 0.1) is 19.8 Å². The molecule has 3 rings (SSSR count). The molecular formula is C18H22N2O4. The van der Waals surface area contributed by atoms with Crippen LogP contribution in [0.4, 0.5) is 0 Å². The van der Waals surface area contributed by atoms with Crippen molar-refractivity contribution in [1.82, 2.24) is 10.1 Å². The van der Waals surface area contributed by atoms with Crippen LogP contribution in [0.15, 0.2) is 28.8 Å². The van der Waals surface area contributed by atoms with Crippen molar-refractivity contribution in [2.45, 2.75) is 26.4 Å². The number of carbonyl (C=O) groups is 1. The van der Waals surface area contributed by atoms with Gasteiger partial charge in [-0.1, -0.05) is 17.3 Å².